The molecule has 1 aliphatic heterocycles. The van der Waals surface area contributed by atoms with Gasteiger partial charge < -0.3 is 4.42 Å². The van der Waals surface area contributed by atoms with Crippen LogP contribution in [0.2, 0.25) is 0 Å². The van der Waals surface area contributed by atoms with Crippen molar-refractivity contribution in [2.75, 3.05) is 26.2 Å². The number of nitrogens with zero attached hydrogens (tertiary/aromatic N) is 4. The lowest BCUT2D eigenvalue weighted by Crippen LogP contribution is -2.49. The Kier molecular flexibility index (Phi) is 4.94. The summed E-state index contributed by atoms with van der Waals surface area (Å²) in [7, 11) is -3.99. The summed E-state index contributed by atoms with van der Waals surface area (Å²) in [5.41, 5.74) is 0.730. The molecule has 29 heavy (non-hydrogen) atoms. The van der Waals surface area contributed by atoms with Crippen LogP contribution >= 0.6 is 0 Å². The quantitative estimate of drug-likeness (QED) is 0.455. The molecule has 0 radical (unpaired) electrons. The normalized spacial score (nSPS) is 16.3. The molecule has 11 heteroatoms. The zero-order valence-corrected chi connectivity index (χ0v) is 16.1. The maximum atomic E-state index is 12.9. The van der Waals surface area contributed by atoms with Gasteiger partial charge in [0.2, 0.25) is 10.0 Å². The molecule has 3 aromatic rings. The average molecular weight is 418 g/mol. The minimum Gasteiger partial charge on any atom is -0.408 e. The minimum atomic E-state index is -3.99. The van der Waals surface area contributed by atoms with Gasteiger partial charge >= 0.3 is 5.76 Å². The first kappa shape index (κ1) is 19.3. The van der Waals surface area contributed by atoms with E-state index in [-0.39, 0.29) is 24.7 Å². The van der Waals surface area contributed by atoms with Crippen molar-refractivity contribution in [3.63, 3.8) is 0 Å². The van der Waals surface area contributed by atoms with E-state index in [1.165, 1.54) is 33.1 Å². The van der Waals surface area contributed by atoms with Crippen molar-refractivity contribution in [2.24, 2.45) is 0 Å². The Morgan fingerprint density at radius 3 is 2.38 bits per heavy atom. The second-order valence-electron chi connectivity index (χ2n) is 6.65. The van der Waals surface area contributed by atoms with Crippen molar-refractivity contribution >= 4 is 26.8 Å². The molecule has 0 N–H and O–H groups in total. The largest absolute Gasteiger partial charge is 0.421 e. The Balaban J connectivity index is 1.50. The van der Waals surface area contributed by atoms with E-state index in [1.54, 1.807) is 18.2 Å². The van der Waals surface area contributed by atoms with Crippen molar-refractivity contribution < 1.29 is 17.8 Å². The predicted octanol–water partition coefficient (Wildman–Crippen LogP) is 1.47. The molecule has 4 rings (SSSR count). The highest BCUT2D eigenvalue weighted by molar-refractivity contribution is 7.89. The number of piperazine rings is 1. The third-order valence-corrected chi connectivity index (χ3v) is 6.87. The van der Waals surface area contributed by atoms with Gasteiger partial charge in [-0.05, 0) is 18.2 Å². The molecule has 0 aliphatic carbocycles. The van der Waals surface area contributed by atoms with Crippen LogP contribution in [0.4, 0.5) is 5.69 Å². The number of nitro benzene ring substituents is 1. The third kappa shape index (κ3) is 3.55. The highest BCUT2D eigenvalue weighted by atomic mass is 32.2. The predicted molar refractivity (Wildman–Crippen MR) is 104 cm³/mol. The van der Waals surface area contributed by atoms with E-state index in [2.05, 4.69) is 0 Å². The van der Waals surface area contributed by atoms with Crippen molar-refractivity contribution in [3.8, 4) is 0 Å². The first-order valence-electron chi connectivity index (χ1n) is 8.92. The van der Waals surface area contributed by atoms with Gasteiger partial charge in [-0.15, -0.1) is 0 Å². The van der Waals surface area contributed by atoms with Crippen LogP contribution in [0.5, 0.6) is 0 Å². The highest BCUT2D eigenvalue weighted by Gasteiger charge is 2.33. The SMILES string of the molecule is O=c1oc2ccccc2n1CN1CCN(S(=O)(=O)c2ccccc2[N+](=O)[O-])CC1. The van der Waals surface area contributed by atoms with Crippen LogP contribution < -0.4 is 5.76 Å². The maximum Gasteiger partial charge on any atom is 0.421 e. The standard InChI is InChI=1S/C18H18N4O6S/c23-18-21(14-5-1-3-7-16(14)28-18)13-19-9-11-20(12-10-19)29(26,27)17-8-4-2-6-15(17)22(24)25/h1-8H,9-13H2. The second kappa shape index (κ2) is 7.43. The van der Waals surface area contributed by atoms with Gasteiger partial charge in [-0.25, -0.2) is 13.2 Å². The zero-order chi connectivity index (χ0) is 20.6. The maximum absolute atomic E-state index is 12.9. The lowest BCUT2D eigenvalue weighted by Gasteiger charge is -2.33. The molecule has 1 fully saturated rings. The number of fused-ring (bicyclic) bond motifs is 1. The molecule has 0 atom stereocenters. The van der Waals surface area contributed by atoms with Crippen molar-refractivity contribution in [1.29, 1.82) is 0 Å². The molecule has 0 bridgehead atoms. The Bertz CT molecular complexity index is 1220. The van der Waals surface area contributed by atoms with Gasteiger partial charge in [-0.3, -0.25) is 19.6 Å². The van der Waals surface area contributed by atoms with Gasteiger partial charge in [-0.2, -0.15) is 4.31 Å². The summed E-state index contributed by atoms with van der Waals surface area (Å²) in [5, 5.41) is 11.2. The Hall–Kier alpha value is -3.02. The summed E-state index contributed by atoms with van der Waals surface area (Å²) in [6.45, 7) is 1.37. The fourth-order valence-corrected chi connectivity index (χ4v) is 5.00. The van der Waals surface area contributed by atoms with Crippen LogP contribution in [-0.2, 0) is 16.7 Å². The lowest BCUT2D eigenvalue weighted by molar-refractivity contribution is -0.387. The fraction of sp³-hybridized carbons (Fsp3) is 0.278. The number of para-hydroxylation sites is 3. The fourth-order valence-electron chi connectivity index (χ4n) is 3.42. The van der Waals surface area contributed by atoms with Gasteiger partial charge in [-0.1, -0.05) is 24.3 Å². The van der Waals surface area contributed by atoms with E-state index < -0.39 is 26.4 Å². The first-order valence-corrected chi connectivity index (χ1v) is 10.4. The van der Waals surface area contributed by atoms with E-state index in [0.29, 0.717) is 24.2 Å². The number of hydrogen-bond donors (Lipinski definition) is 0. The Labute approximate surface area is 165 Å². The van der Waals surface area contributed by atoms with Crippen LogP contribution in [0.15, 0.2) is 62.6 Å². The molecule has 2 aromatic carbocycles. The van der Waals surface area contributed by atoms with Gasteiger partial charge in [0.15, 0.2) is 10.5 Å². The summed E-state index contributed by atoms with van der Waals surface area (Å²) in [6, 6.07) is 12.4. The Morgan fingerprint density at radius 2 is 1.66 bits per heavy atom. The summed E-state index contributed by atoms with van der Waals surface area (Å²) >= 11 is 0. The van der Waals surface area contributed by atoms with E-state index in [1.807, 2.05) is 11.0 Å². The molecule has 152 valence electrons. The third-order valence-electron chi connectivity index (χ3n) is 4.93. The molecule has 10 nitrogen and oxygen atoms in total. The molecule has 0 amide bonds. The number of aromatic nitrogens is 1. The van der Waals surface area contributed by atoms with Crippen LogP contribution in [0, 0.1) is 10.1 Å². The average Bonchev–Trinajstić information content (AvgIpc) is 3.03. The van der Waals surface area contributed by atoms with Crippen LogP contribution in [0.25, 0.3) is 11.1 Å². The van der Waals surface area contributed by atoms with Gasteiger partial charge in [0, 0.05) is 32.2 Å². The first-order chi connectivity index (χ1) is 13.9. The number of rotatable bonds is 5. The monoisotopic (exact) mass is 418 g/mol. The van der Waals surface area contributed by atoms with Crippen LogP contribution in [0.3, 0.4) is 0 Å². The van der Waals surface area contributed by atoms with Gasteiger partial charge in [0.05, 0.1) is 17.1 Å². The lowest BCUT2D eigenvalue weighted by atomic mass is 10.3. The second-order valence-corrected chi connectivity index (χ2v) is 8.56. The van der Waals surface area contributed by atoms with E-state index in [4.69, 9.17) is 4.42 Å². The molecular formula is C18H18N4O6S. The van der Waals surface area contributed by atoms with Gasteiger partial charge in [0.25, 0.3) is 5.69 Å². The number of oxazole rings is 1. The smallest absolute Gasteiger partial charge is 0.408 e. The van der Waals surface area contributed by atoms with E-state index in [9.17, 15) is 23.3 Å². The summed E-state index contributed by atoms with van der Waals surface area (Å²) < 4.78 is 33.8. The minimum absolute atomic E-state index is 0.166. The molecular weight excluding hydrogens is 400 g/mol. The van der Waals surface area contributed by atoms with Crippen molar-refractivity contribution in [2.45, 2.75) is 11.6 Å². The summed E-state index contributed by atoms with van der Waals surface area (Å²) in [6.07, 6.45) is 0. The molecule has 1 aromatic heterocycles. The molecule has 1 aliphatic rings. The molecule has 0 saturated carbocycles. The number of benzene rings is 2. The van der Waals surface area contributed by atoms with Crippen molar-refractivity contribution in [1.82, 2.24) is 13.8 Å². The van der Waals surface area contributed by atoms with Gasteiger partial charge in [0.1, 0.15) is 0 Å². The molecule has 1 saturated heterocycles. The summed E-state index contributed by atoms with van der Waals surface area (Å²) in [4.78, 5) is 24.2. The number of nitro groups is 1. The van der Waals surface area contributed by atoms with Crippen LogP contribution in [-0.4, -0.2) is 53.3 Å². The van der Waals surface area contributed by atoms with E-state index >= 15 is 0 Å². The Morgan fingerprint density at radius 1 is 1.00 bits per heavy atom. The molecule has 0 unspecified atom stereocenters. The topological polar surface area (TPSA) is 119 Å². The van der Waals surface area contributed by atoms with E-state index in [0.717, 1.165) is 0 Å². The number of hydrogen-bond acceptors (Lipinski definition) is 7. The summed E-state index contributed by atoms with van der Waals surface area (Å²) in [5.74, 6) is -0.471. The van der Waals surface area contributed by atoms with Crippen LogP contribution in [0.1, 0.15) is 0 Å². The van der Waals surface area contributed by atoms with Crippen molar-refractivity contribution in [3.05, 3.63) is 69.2 Å². The zero-order valence-electron chi connectivity index (χ0n) is 15.3. The highest BCUT2D eigenvalue weighted by Crippen LogP contribution is 2.27. The molecule has 0 spiro atoms. The number of sulfonamides is 1. The molecule has 2 heterocycles.